The third-order valence-electron chi connectivity index (χ3n) is 4.95. The molecule has 0 bridgehead atoms. The number of nitrogens with one attached hydrogen (secondary N) is 1. The van der Waals surface area contributed by atoms with E-state index in [1.807, 2.05) is 23.1 Å². The molecule has 0 atom stereocenters. The van der Waals surface area contributed by atoms with Crippen molar-refractivity contribution < 1.29 is 14.0 Å². The number of amides is 3. The van der Waals surface area contributed by atoms with Crippen molar-refractivity contribution in [2.45, 2.75) is 19.9 Å². The predicted molar refractivity (Wildman–Crippen MR) is 112 cm³/mol. The van der Waals surface area contributed by atoms with Gasteiger partial charge in [0, 0.05) is 31.0 Å². The Balaban J connectivity index is 1.43. The number of furan rings is 1. The molecular weight excluding hydrogens is 366 g/mol. The molecule has 0 radical (unpaired) electrons. The summed E-state index contributed by atoms with van der Waals surface area (Å²) in [5.41, 5.74) is 3.79. The molecule has 0 unspecified atom stereocenters. The Morgan fingerprint density at radius 1 is 1.07 bits per heavy atom. The quantitative estimate of drug-likeness (QED) is 0.689. The first-order valence-corrected chi connectivity index (χ1v) is 9.67. The Kier molecular flexibility index (Phi) is 5.33. The summed E-state index contributed by atoms with van der Waals surface area (Å²) in [6.07, 6.45) is 2.37. The van der Waals surface area contributed by atoms with Gasteiger partial charge < -0.3 is 14.6 Å². The standard InChI is InChI=1S/C23H23N3O3/c1-17-5-2-6-18(15-17)16-25-12-4-13-26(23(25)28)20-10-8-19(9-11-20)24-22(27)21-7-3-14-29-21/h2-3,5-11,14-15H,4,12-13,16H2,1H3,(H,24,27). The van der Waals surface area contributed by atoms with Gasteiger partial charge in [-0.15, -0.1) is 0 Å². The molecule has 0 spiro atoms. The molecule has 148 valence electrons. The SMILES string of the molecule is Cc1cccc(CN2CCCN(c3ccc(NC(=O)c4ccco4)cc3)C2=O)c1. The summed E-state index contributed by atoms with van der Waals surface area (Å²) in [5, 5.41) is 2.79. The topological polar surface area (TPSA) is 65.8 Å². The fourth-order valence-corrected chi connectivity index (χ4v) is 3.52. The van der Waals surface area contributed by atoms with E-state index in [1.165, 1.54) is 11.8 Å². The van der Waals surface area contributed by atoms with Crippen molar-refractivity contribution in [3.05, 3.63) is 83.8 Å². The number of carbonyl (C=O) groups excluding carboxylic acids is 2. The average Bonchev–Trinajstić information content (AvgIpc) is 3.26. The molecule has 1 aliphatic heterocycles. The van der Waals surface area contributed by atoms with Crippen molar-refractivity contribution in [1.29, 1.82) is 0 Å². The van der Waals surface area contributed by atoms with Crippen LogP contribution in [0.5, 0.6) is 0 Å². The van der Waals surface area contributed by atoms with Crippen molar-refractivity contribution in [2.75, 3.05) is 23.3 Å². The maximum Gasteiger partial charge on any atom is 0.324 e. The lowest BCUT2D eigenvalue weighted by atomic mass is 10.1. The van der Waals surface area contributed by atoms with Gasteiger partial charge in [-0.25, -0.2) is 4.79 Å². The van der Waals surface area contributed by atoms with Crippen LogP contribution in [0.25, 0.3) is 0 Å². The molecule has 6 nitrogen and oxygen atoms in total. The zero-order valence-electron chi connectivity index (χ0n) is 16.3. The molecule has 1 aliphatic rings. The number of benzene rings is 2. The second kappa shape index (κ2) is 8.22. The summed E-state index contributed by atoms with van der Waals surface area (Å²) in [5.74, 6) is -0.0480. The van der Waals surface area contributed by atoms with Crippen LogP contribution in [0.1, 0.15) is 28.1 Å². The third kappa shape index (κ3) is 4.32. The number of nitrogens with zero attached hydrogens (tertiary/aromatic N) is 2. The summed E-state index contributed by atoms with van der Waals surface area (Å²) < 4.78 is 5.10. The van der Waals surface area contributed by atoms with Gasteiger partial charge in [0.1, 0.15) is 0 Å². The fraction of sp³-hybridized carbons (Fsp3) is 0.217. The van der Waals surface area contributed by atoms with Crippen LogP contribution in [0.15, 0.2) is 71.3 Å². The van der Waals surface area contributed by atoms with E-state index in [2.05, 4.69) is 30.4 Å². The Hall–Kier alpha value is -3.54. The van der Waals surface area contributed by atoms with E-state index in [0.717, 1.165) is 24.2 Å². The van der Waals surface area contributed by atoms with Gasteiger partial charge in [0.2, 0.25) is 0 Å². The van der Waals surface area contributed by atoms with Gasteiger partial charge in [-0.2, -0.15) is 0 Å². The lowest BCUT2D eigenvalue weighted by molar-refractivity contribution is 0.0996. The van der Waals surface area contributed by atoms with Crippen molar-refractivity contribution in [3.8, 4) is 0 Å². The number of hydrogen-bond acceptors (Lipinski definition) is 3. The minimum Gasteiger partial charge on any atom is -0.459 e. The van der Waals surface area contributed by atoms with Gasteiger partial charge in [0.25, 0.3) is 5.91 Å². The van der Waals surface area contributed by atoms with Gasteiger partial charge in [0.05, 0.1) is 6.26 Å². The second-order valence-corrected chi connectivity index (χ2v) is 7.18. The van der Waals surface area contributed by atoms with Crippen LogP contribution in [0.3, 0.4) is 0 Å². The summed E-state index contributed by atoms with van der Waals surface area (Å²) in [7, 11) is 0. The van der Waals surface area contributed by atoms with E-state index in [9.17, 15) is 9.59 Å². The normalized spacial score (nSPS) is 14.2. The van der Waals surface area contributed by atoms with Crippen LogP contribution >= 0.6 is 0 Å². The first kappa shape index (κ1) is 18.8. The molecule has 1 N–H and O–H groups in total. The number of anilines is 2. The average molecular weight is 389 g/mol. The zero-order valence-corrected chi connectivity index (χ0v) is 16.3. The molecule has 1 aromatic heterocycles. The molecule has 3 amide bonds. The summed E-state index contributed by atoms with van der Waals surface area (Å²) >= 11 is 0. The molecule has 6 heteroatoms. The fourth-order valence-electron chi connectivity index (χ4n) is 3.52. The predicted octanol–water partition coefficient (Wildman–Crippen LogP) is 4.67. The largest absolute Gasteiger partial charge is 0.459 e. The first-order valence-electron chi connectivity index (χ1n) is 9.67. The monoisotopic (exact) mass is 389 g/mol. The van der Waals surface area contributed by atoms with Gasteiger partial charge in [0.15, 0.2) is 5.76 Å². The van der Waals surface area contributed by atoms with Crippen LogP contribution in [-0.2, 0) is 6.54 Å². The van der Waals surface area contributed by atoms with E-state index in [4.69, 9.17) is 4.42 Å². The molecule has 4 rings (SSSR count). The van der Waals surface area contributed by atoms with E-state index < -0.39 is 0 Å². The molecule has 1 saturated heterocycles. The molecule has 1 fully saturated rings. The van der Waals surface area contributed by atoms with Gasteiger partial charge in [-0.05, 0) is 55.3 Å². The Bertz CT molecular complexity index is 996. The molecule has 0 saturated carbocycles. The van der Waals surface area contributed by atoms with Crippen molar-refractivity contribution in [2.24, 2.45) is 0 Å². The summed E-state index contributed by atoms with van der Waals surface area (Å²) in [6, 6.07) is 18.8. The summed E-state index contributed by atoms with van der Waals surface area (Å²) in [4.78, 5) is 28.8. The third-order valence-corrected chi connectivity index (χ3v) is 4.95. The van der Waals surface area contributed by atoms with Crippen LogP contribution in [-0.4, -0.2) is 29.9 Å². The van der Waals surface area contributed by atoms with E-state index in [-0.39, 0.29) is 17.7 Å². The molecule has 2 heterocycles. The van der Waals surface area contributed by atoms with E-state index in [1.54, 1.807) is 29.2 Å². The zero-order chi connectivity index (χ0) is 20.2. The molecule has 3 aromatic rings. The maximum atomic E-state index is 13.0. The minimum absolute atomic E-state index is 0.00475. The van der Waals surface area contributed by atoms with Gasteiger partial charge in [-0.3, -0.25) is 9.69 Å². The highest BCUT2D eigenvalue weighted by Crippen LogP contribution is 2.23. The number of rotatable bonds is 5. The highest BCUT2D eigenvalue weighted by Gasteiger charge is 2.26. The lowest BCUT2D eigenvalue weighted by Gasteiger charge is -2.35. The van der Waals surface area contributed by atoms with Gasteiger partial charge >= 0.3 is 6.03 Å². The number of hydrogen-bond donors (Lipinski definition) is 1. The summed E-state index contributed by atoms with van der Waals surface area (Å²) in [6.45, 7) is 4.09. The number of carbonyl (C=O) groups is 2. The van der Waals surface area contributed by atoms with Crippen LogP contribution in [0.2, 0.25) is 0 Å². The van der Waals surface area contributed by atoms with Crippen LogP contribution in [0.4, 0.5) is 16.2 Å². The lowest BCUT2D eigenvalue weighted by Crippen LogP contribution is -2.49. The minimum atomic E-state index is -0.305. The molecular formula is C23H23N3O3. The highest BCUT2D eigenvalue weighted by atomic mass is 16.3. The Morgan fingerprint density at radius 3 is 2.62 bits per heavy atom. The first-order chi connectivity index (χ1) is 14.1. The van der Waals surface area contributed by atoms with Crippen molar-refractivity contribution >= 4 is 23.3 Å². The maximum absolute atomic E-state index is 13.0. The number of urea groups is 1. The van der Waals surface area contributed by atoms with Crippen molar-refractivity contribution in [1.82, 2.24) is 4.90 Å². The van der Waals surface area contributed by atoms with Crippen LogP contribution in [0, 0.1) is 6.92 Å². The molecule has 2 aromatic carbocycles. The Morgan fingerprint density at radius 2 is 1.90 bits per heavy atom. The molecule has 0 aliphatic carbocycles. The molecule has 29 heavy (non-hydrogen) atoms. The Labute approximate surface area is 169 Å². The van der Waals surface area contributed by atoms with Gasteiger partial charge in [-0.1, -0.05) is 29.8 Å². The smallest absolute Gasteiger partial charge is 0.324 e. The van der Waals surface area contributed by atoms with Crippen LogP contribution < -0.4 is 10.2 Å². The van der Waals surface area contributed by atoms with E-state index in [0.29, 0.717) is 18.8 Å². The van der Waals surface area contributed by atoms with E-state index >= 15 is 0 Å². The number of aryl methyl sites for hydroxylation is 1. The van der Waals surface area contributed by atoms with Crippen molar-refractivity contribution in [3.63, 3.8) is 0 Å². The highest BCUT2D eigenvalue weighted by molar-refractivity contribution is 6.02. The second-order valence-electron chi connectivity index (χ2n) is 7.18.